The fraction of sp³-hybridized carbons (Fsp3) is 0.250. The van der Waals surface area contributed by atoms with Crippen molar-refractivity contribution in [3.63, 3.8) is 0 Å². The Morgan fingerprint density at radius 1 is 1.06 bits per heavy atom. The Hall–Kier alpha value is -2.76. The Balaban J connectivity index is 1.83. The number of esters is 1. The van der Waals surface area contributed by atoms with E-state index in [0.29, 0.717) is 33.4 Å². The van der Waals surface area contributed by atoms with E-state index < -0.39 is 11.9 Å². The minimum atomic E-state index is -0.754. The SMILES string of the molecule is CCOC(=O)C1=C(N)OC2=C(C(=O)C[C@@H](c3ccccc3Cl)C2)[C@H]1c1ccccc1Cl. The van der Waals surface area contributed by atoms with Crippen LogP contribution in [0.1, 0.15) is 42.7 Å². The number of benzene rings is 2. The van der Waals surface area contributed by atoms with E-state index in [1.54, 1.807) is 37.3 Å². The van der Waals surface area contributed by atoms with Crippen molar-refractivity contribution in [2.45, 2.75) is 31.6 Å². The lowest BCUT2D eigenvalue weighted by Crippen LogP contribution is -2.33. The van der Waals surface area contributed by atoms with Gasteiger partial charge in [0, 0.05) is 28.5 Å². The van der Waals surface area contributed by atoms with Crippen molar-refractivity contribution in [2.24, 2.45) is 5.73 Å². The van der Waals surface area contributed by atoms with E-state index in [2.05, 4.69) is 0 Å². The number of rotatable bonds is 4. The molecule has 7 heteroatoms. The quantitative estimate of drug-likeness (QED) is 0.634. The summed E-state index contributed by atoms with van der Waals surface area (Å²) in [6.07, 6.45) is 0.672. The molecule has 0 unspecified atom stereocenters. The molecule has 0 amide bonds. The molecule has 2 aromatic rings. The van der Waals surface area contributed by atoms with Crippen molar-refractivity contribution >= 4 is 35.0 Å². The third-order valence-electron chi connectivity index (χ3n) is 5.60. The second-order valence-electron chi connectivity index (χ2n) is 7.44. The van der Waals surface area contributed by atoms with Gasteiger partial charge in [-0.15, -0.1) is 0 Å². The summed E-state index contributed by atoms with van der Waals surface area (Å²) in [5.41, 5.74) is 8.17. The minimum Gasteiger partial charge on any atom is -0.462 e. The van der Waals surface area contributed by atoms with Gasteiger partial charge >= 0.3 is 5.97 Å². The van der Waals surface area contributed by atoms with Crippen LogP contribution in [-0.2, 0) is 19.1 Å². The second kappa shape index (κ2) is 8.77. The van der Waals surface area contributed by atoms with Gasteiger partial charge in [-0.2, -0.15) is 0 Å². The molecule has 1 aliphatic heterocycles. The van der Waals surface area contributed by atoms with E-state index in [0.717, 1.165) is 5.56 Å². The molecule has 2 N–H and O–H groups in total. The average molecular weight is 458 g/mol. The number of nitrogens with two attached hydrogens (primary N) is 1. The summed E-state index contributed by atoms with van der Waals surface area (Å²) in [5.74, 6) is -1.30. The summed E-state index contributed by atoms with van der Waals surface area (Å²) in [6.45, 7) is 1.87. The Labute approximate surface area is 190 Å². The summed E-state index contributed by atoms with van der Waals surface area (Å²) >= 11 is 12.8. The molecule has 2 aromatic carbocycles. The van der Waals surface area contributed by atoms with Gasteiger partial charge in [0.05, 0.1) is 12.5 Å². The van der Waals surface area contributed by atoms with Gasteiger partial charge in [-0.1, -0.05) is 59.6 Å². The van der Waals surface area contributed by atoms with Crippen LogP contribution in [0.3, 0.4) is 0 Å². The van der Waals surface area contributed by atoms with Gasteiger partial charge in [0.2, 0.25) is 5.88 Å². The van der Waals surface area contributed by atoms with Crippen molar-refractivity contribution < 1.29 is 19.1 Å². The molecule has 0 bridgehead atoms. The number of halogens is 2. The maximum atomic E-state index is 13.4. The van der Waals surface area contributed by atoms with Crippen LogP contribution in [0.15, 0.2) is 71.3 Å². The summed E-state index contributed by atoms with van der Waals surface area (Å²) in [4.78, 5) is 26.2. The van der Waals surface area contributed by atoms with Gasteiger partial charge in [-0.3, -0.25) is 4.79 Å². The predicted molar refractivity (Wildman–Crippen MR) is 119 cm³/mol. The van der Waals surface area contributed by atoms with Crippen LogP contribution in [0.4, 0.5) is 0 Å². The first kappa shape index (κ1) is 21.5. The lowest BCUT2D eigenvalue weighted by molar-refractivity contribution is -0.139. The highest BCUT2D eigenvalue weighted by Gasteiger charge is 2.44. The third kappa shape index (κ3) is 3.95. The topological polar surface area (TPSA) is 78.6 Å². The molecule has 160 valence electrons. The molecule has 0 saturated heterocycles. The molecule has 0 spiro atoms. The fourth-order valence-electron chi connectivity index (χ4n) is 4.26. The molecule has 31 heavy (non-hydrogen) atoms. The van der Waals surface area contributed by atoms with Gasteiger partial charge in [-0.05, 0) is 36.1 Å². The van der Waals surface area contributed by atoms with Crippen LogP contribution in [0.5, 0.6) is 0 Å². The number of carbonyl (C=O) groups is 2. The zero-order chi connectivity index (χ0) is 22.1. The maximum absolute atomic E-state index is 13.4. The van der Waals surface area contributed by atoms with Crippen molar-refractivity contribution in [3.05, 3.63) is 92.5 Å². The van der Waals surface area contributed by atoms with E-state index in [1.165, 1.54) is 0 Å². The first-order valence-electron chi connectivity index (χ1n) is 10.0. The number of hydrogen-bond donors (Lipinski definition) is 1. The highest BCUT2D eigenvalue weighted by molar-refractivity contribution is 6.32. The Morgan fingerprint density at radius 3 is 2.29 bits per heavy atom. The molecule has 5 nitrogen and oxygen atoms in total. The van der Waals surface area contributed by atoms with Crippen LogP contribution in [0.25, 0.3) is 0 Å². The zero-order valence-electron chi connectivity index (χ0n) is 16.9. The van der Waals surface area contributed by atoms with E-state index in [9.17, 15) is 9.59 Å². The summed E-state index contributed by atoms with van der Waals surface area (Å²) < 4.78 is 11.1. The Morgan fingerprint density at radius 2 is 1.68 bits per heavy atom. The standard InChI is InChI=1S/C24H21Cl2NO4/c1-2-30-24(29)22-20(15-8-4-6-10-17(15)26)21-18(28)11-13(12-19(21)31-23(22)27)14-7-3-5-9-16(14)25/h3-10,13,20H,2,11-12,27H2,1H3/t13-,20-/m1/s1. The van der Waals surface area contributed by atoms with Gasteiger partial charge < -0.3 is 15.2 Å². The van der Waals surface area contributed by atoms with Crippen LogP contribution < -0.4 is 5.73 Å². The van der Waals surface area contributed by atoms with Crippen molar-refractivity contribution in [3.8, 4) is 0 Å². The van der Waals surface area contributed by atoms with E-state index in [-0.39, 0.29) is 36.2 Å². The molecule has 1 aliphatic carbocycles. The molecule has 0 radical (unpaired) electrons. The van der Waals surface area contributed by atoms with E-state index in [4.69, 9.17) is 38.4 Å². The van der Waals surface area contributed by atoms with E-state index >= 15 is 0 Å². The lowest BCUT2D eigenvalue weighted by Gasteiger charge is -2.35. The molecule has 0 aromatic heterocycles. The van der Waals surface area contributed by atoms with Crippen LogP contribution in [0.2, 0.25) is 10.0 Å². The zero-order valence-corrected chi connectivity index (χ0v) is 18.4. The average Bonchev–Trinajstić information content (AvgIpc) is 2.73. The Bertz CT molecular complexity index is 1120. The van der Waals surface area contributed by atoms with Crippen LogP contribution in [-0.4, -0.2) is 18.4 Å². The number of ketones is 1. The summed E-state index contributed by atoms with van der Waals surface area (Å²) in [5, 5.41) is 1.02. The lowest BCUT2D eigenvalue weighted by atomic mass is 9.73. The Kier molecular flexibility index (Phi) is 6.08. The second-order valence-corrected chi connectivity index (χ2v) is 8.26. The van der Waals surface area contributed by atoms with Gasteiger partial charge in [-0.25, -0.2) is 4.79 Å². The number of allylic oxidation sites excluding steroid dienone is 2. The molecule has 0 saturated carbocycles. The number of hydrogen-bond acceptors (Lipinski definition) is 5. The summed E-state index contributed by atoms with van der Waals surface area (Å²) in [7, 11) is 0. The molecule has 2 atom stereocenters. The largest absolute Gasteiger partial charge is 0.462 e. The smallest absolute Gasteiger partial charge is 0.340 e. The number of Topliss-reactive ketones (excluding diaryl/α,β-unsaturated/α-hetero) is 1. The molecule has 2 aliphatic rings. The predicted octanol–water partition coefficient (Wildman–Crippen LogP) is 5.24. The number of ether oxygens (including phenoxy) is 2. The first-order valence-corrected chi connectivity index (χ1v) is 10.8. The first-order chi connectivity index (χ1) is 14.9. The minimum absolute atomic E-state index is 0.0743. The van der Waals surface area contributed by atoms with Crippen molar-refractivity contribution in [2.75, 3.05) is 6.61 Å². The molecule has 0 fully saturated rings. The van der Waals surface area contributed by atoms with Crippen molar-refractivity contribution in [1.29, 1.82) is 0 Å². The van der Waals surface area contributed by atoms with E-state index in [1.807, 2.05) is 18.2 Å². The van der Waals surface area contributed by atoms with Gasteiger partial charge in [0.15, 0.2) is 5.78 Å². The summed E-state index contributed by atoms with van der Waals surface area (Å²) in [6, 6.07) is 14.5. The maximum Gasteiger partial charge on any atom is 0.340 e. The van der Waals surface area contributed by atoms with Gasteiger partial charge in [0.25, 0.3) is 0 Å². The third-order valence-corrected chi connectivity index (χ3v) is 6.29. The molecular formula is C24H21Cl2NO4. The monoisotopic (exact) mass is 457 g/mol. The van der Waals surface area contributed by atoms with Crippen LogP contribution in [0, 0.1) is 0 Å². The molecular weight excluding hydrogens is 437 g/mol. The normalized spacial score (nSPS) is 20.9. The van der Waals surface area contributed by atoms with Gasteiger partial charge in [0.1, 0.15) is 11.3 Å². The molecule has 4 rings (SSSR count). The number of carbonyl (C=O) groups excluding carboxylic acids is 2. The molecule has 1 heterocycles. The highest BCUT2D eigenvalue weighted by Crippen LogP contribution is 2.49. The highest BCUT2D eigenvalue weighted by atomic mass is 35.5. The van der Waals surface area contributed by atoms with Crippen molar-refractivity contribution in [1.82, 2.24) is 0 Å². The fourth-order valence-corrected chi connectivity index (χ4v) is 4.80. The van der Waals surface area contributed by atoms with Crippen LogP contribution >= 0.6 is 23.2 Å².